The molecule has 1 radical (unpaired) electrons. The summed E-state index contributed by atoms with van der Waals surface area (Å²) in [6.07, 6.45) is 4.11. The minimum Gasteiger partial charge on any atom is -0.382 e. The number of benzene rings is 3. The zero-order valence-corrected chi connectivity index (χ0v) is 22.7. The van der Waals surface area contributed by atoms with E-state index >= 15 is 0 Å². The number of nitrogens with one attached hydrogen (secondary N) is 1. The van der Waals surface area contributed by atoms with E-state index in [0.717, 1.165) is 11.1 Å². The first kappa shape index (κ1) is 27.6. The van der Waals surface area contributed by atoms with Crippen LogP contribution >= 0.6 is 0 Å². The molecule has 0 bridgehead atoms. The lowest BCUT2D eigenvalue weighted by Gasteiger charge is -2.23. The predicted octanol–water partition coefficient (Wildman–Crippen LogP) is 2.63. The fraction of sp³-hybridized carbons (Fsp3) is 0.222. The molecule has 4 N–H and O–H groups in total. The van der Waals surface area contributed by atoms with E-state index in [1.807, 2.05) is 96.6 Å². The minimum atomic E-state index is -3.96. The van der Waals surface area contributed by atoms with Gasteiger partial charge < -0.3 is 19.7 Å². The maximum atomic E-state index is 13.3. The third kappa shape index (κ3) is 7.35. The summed E-state index contributed by atoms with van der Waals surface area (Å²) in [7, 11) is -5.91. The summed E-state index contributed by atoms with van der Waals surface area (Å²) in [4.78, 5) is 3.75. The molecule has 1 heterocycles. The third-order valence-corrected chi connectivity index (χ3v) is 8.75. The Labute approximate surface area is 224 Å². The Morgan fingerprint density at radius 2 is 1.45 bits per heavy atom. The standard InChI is InChI=1S/C27H31N4O5S2/c1-30-18-19-31(21-30)17-8-20-37(32,33)36-24-13-15-25(16-14-24)38(34,35)29-27(23-11-6-3-7-12-23)26(28)22-9-4-2-5-10-22/h2-7,9-16,18-19,21,26-27,29H,8,17,20,28H2,1H3/p+1/t26-,27-/m0/s1. The number of quaternary nitrogens is 1. The van der Waals surface area contributed by atoms with E-state index in [0.29, 0.717) is 13.0 Å². The van der Waals surface area contributed by atoms with Crippen LogP contribution in [0.5, 0.6) is 5.75 Å². The molecule has 2 atom stereocenters. The van der Waals surface area contributed by atoms with Gasteiger partial charge >= 0.3 is 10.1 Å². The molecular formula is C27H32N4O5S2+. The number of nitrogens with zero attached hydrogens (tertiary/aromatic N) is 2. The minimum absolute atomic E-state index is 0.0103. The first-order valence-electron chi connectivity index (χ1n) is 12.1. The highest BCUT2D eigenvalue weighted by molar-refractivity contribution is 7.89. The zero-order chi connectivity index (χ0) is 27.2. The van der Waals surface area contributed by atoms with Gasteiger partial charge in [0.05, 0.1) is 10.6 Å². The van der Waals surface area contributed by atoms with Crippen molar-refractivity contribution in [2.24, 2.45) is 0 Å². The summed E-state index contributed by atoms with van der Waals surface area (Å²) in [5, 5.41) is 0. The van der Waals surface area contributed by atoms with E-state index in [1.165, 1.54) is 24.3 Å². The van der Waals surface area contributed by atoms with Crippen molar-refractivity contribution in [3.05, 3.63) is 115 Å². The molecule has 0 spiro atoms. The molecule has 3 aromatic carbocycles. The first-order chi connectivity index (χ1) is 18.1. The van der Waals surface area contributed by atoms with Gasteiger partial charge in [-0.3, -0.25) is 0 Å². The molecule has 0 amide bonds. The third-order valence-electron chi connectivity index (χ3n) is 6.06. The quantitative estimate of drug-likeness (QED) is 0.329. The van der Waals surface area contributed by atoms with Crippen LogP contribution in [0, 0.1) is 6.67 Å². The van der Waals surface area contributed by atoms with Crippen molar-refractivity contribution in [1.29, 1.82) is 0 Å². The second kappa shape index (κ2) is 12.0. The lowest BCUT2D eigenvalue weighted by molar-refractivity contribution is -0.433. The van der Waals surface area contributed by atoms with Crippen LogP contribution in [0.1, 0.15) is 29.6 Å². The van der Waals surface area contributed by atoms with Gasteiger partial charge in [0.15, 0.2) is 0 Å². The van der Waals surface area contributed by atoms with Crippen LogP contribution in [0.25, 0.3) is 0 Å². The largest absolute Gasteiger partial charge is 0.382 e. The lowest BCUT2D eigenvalue weighted by Crippen LogP contribution is -2.59. The molecule has 9 nitrogen and oxygen atoms in total. The molecule has 1 aliphatic heterocycles. The average molecular weight is 557 g/mol. The van der Waals surface area contributed by atoms with Gasteiger partial charge in [-0.1, -0.05) is 60.7 Å². The predicted molar refractivity (Wildman–Crippen MR) is 145 cm³/mol. The Morgan fingerprint density at radius 1 is 0.842 bits per heavy atom. The Kier molecular flexibility index (Phi) is 8.72. The normalized spacial score (nSPS) is 15.4. The Hall–Kier alpha value is -3.38. The molecule has 0 aliphatic carbocycles. The van der Waals surface area contributed by atoms with E-state index < -0.39 is 32.2 Å². The van der Waals surface area contributed by atoms with Gasteiger partial charge in [0.25, 0.3) is 0 Å². The zero-order valence-electron chi connectivity index (χ0n) is 21.1. The summed E-state index contributed by atoms with van der Waals surface area (Å²) in [5.41, 5.74) is 5.92. The van der Waals surface area contributed by atoms with Crippen LogP contribution in [0.15, 0.2) is 102 Å². The van der Waals surface area contributed by atoms with Gasteiger partial charge in [-0.15, -0.1) is 0 Å². The van der Waals surface area contributed by atoms with E-state index in [-0.39, 0.29) is 16.4 Å². The molecule has 0 saturated carbocycles. The van der Waals surface area contributed by atoms with E-state index in [2.05, 4.69) is 10.5 Å². The molecule has 0 unspecified atom stereocenters. The summed E-state index contributed by atoms with van der Waals surface area (Å²) in [5.74, 6) is -0.116. The smallest absolute Gasteiger partial charge is 0.309 e. The van der Waals surface area contributed by atoms with Gasteiger partial charge in [0.2, 0.25) is 10.0 Å². The lowest BCUT2D eigenvalue weighted by atomic mass is 9.95. The van der Waals surface area contributed by atoms with Crippen molar-refractivity contribution in [3.63, 3.8) is 0 Å². The highest BCUT2D eigenvalue weighted by Crippen LogP contribution is 2.28. The summed E-state index contributed by atoms with van der Waals surface area (Å²) in [6, 6.07) is 23.1. The van der Waals surface area contributed by atoms with E-state index in [9.17, 15) is 16.8 Å². The maximum Gasteiger partial charge on any atom is 0.309 e. The molecule has 0 saturated heterocycles. The van der Waals surface area contributed by atoms with E-state index in [4.69, 9.17) is 4.18 Å². The van der Waals surface area contributed by atoms with Gasteiger partial charge in [-0.25, -0.2) is 8.42 Å². The van der Waals surface area contributed by atoms with Crippen molar-refractivity contribution in [3.8, 4) is 5.75 Å². The van der Waals surface area contributed by atoms with Gasteiger partial charge in [0, 0.05) is 31.6 Å². The second-order valence-corrected chi connectivity index (χ2v) is 12.4. The van der Waals surface area contributed by atoms with Crippen molar-refractivity contribution < 1.29 is 26.8 Å². The molecule has 1 aliphatic rings. The highest BCUT2D eigenvalue weighted by Gasteiger charge is 2.30. The molecule has 201 valence electrons. The molecular weight excluding hydrogens is 524 g/mol. The Balaban J connectivity index is 1.43. The summed E-state index contributed by atoms with van der Waals surface area (Å²) in [6.45, 7) is 2.39. The van der Waals surface area contributed by atoms with Gasteiger partial charge in [-0.2, -0.15) is 13.1 Å². The number of hydrogen-bond acceptors (Lipinski definition) is 7. The number of sulfonamides is 1. The SMILES string of the molecule is CN1[CH]N(CCCS(=O)(=O)Oc2ccc(S(=O)(=O)N[C@@H](c3ccccc3)[C@@H]([NH3+])c3ccccc3)cc2)C=C1. The van der Waals surface area contributed by atoms with Crippen molar-refractivity contribution in [2.45, 2.75) is 23.4 Å². The summed E-state index contributed by atoms with van der Waals surface area (Å²) >= 11 is 0. The average Bonchev–Trinajstić information content (AvgIpc) is 3.32. The van der Waals surface area contributed by atoms with Crippen LogP contribution in [0.3, 0.4) is 0 Å². The van der Waals surface area contributed by atoms with Crippen LogP contribution in [-0.4, -0.2) is 46.0 Å². The number of rotatable bonds is 12. The molecule has 3 aromatic rings. The topological polar surface area (TPSA) is 124 Å². The van der Waals surface area contributed by atoms with Crippen molar-refractivity contribution >= 4 is 20.1 Å². The molecule has 38 heavy (non-hydrogen) atoms. The first-order valence-corrected chi connectivity index (χ1v) is 15.2. The maximum absolute atomic E-state index is 13.3. The fourth-order valence-electron chi connectivity index (χ4n) is 4.09. The summed E-state index contributed by atoms with van der Waals surface area (Å²) < 4.78 is 59.5. The van der Waals surface area contributed by atoms with Crippen LogP contribution < -0.4 is 14.6 Å². The fourth-order valence-corrected chi connectivity index (χ4v) is 6.33. The van der Waals surface area contributed by atoms with E-state index in [1.54, 1.807) is 0 Å². The second-order valence-electron chi connectivity index (χ2n) is 9.01. The Bertz CT molecular complexity index is 1430. The van der Waals surface area contributed by atoms with Crippen molar-refractivity contribution in [1.82, 2.24) is 14.5 Å². The molecule has 4 rings (SSSR count). The molecule has 0 aromatic heterocycles. The number of hydrogen-bond donors (Lipinski definition) is 2. The van der Waals surface area contributed by atoms with Gasteiger partial charge in [-0.05, 0) is 36.2 Å². The molecule has 0 fully saturated rings. The van der Waals surface area contributed by atoms with Crippen LogP contribution in [0.4, 0.5) is 0 Å². The van der Waals surface area contributed by atoms with Crippen molar-refractivity contribution in [2.75, 3.05) is 19.3 Å². The Morgan fingerprint density at radius 3 is 2.03 bits per heavy atom. The monoisotopic (exact) mass is 556 g/mol. The van der Waals surface area contributed by atoms with Crippen LogP contribution in [-0.2, 0) is 20.1 Å². The highest BCUT2D eigenvalue weighted by atomic mass is 32.2. The van der Waals surface area contributed by atoms with Crippen LogP contribution in [0.2, 0.25) is 0 Å². The van der Waals surface area contributed by atoms with Gasteiger partial charge in [0.1, 0.15) is 24.5 Å². The molecule has 11 heteroatoms.